The number of urea groups is 1. The van der Waals surface area contributed by atoms with Crippen molar-refractivity contribution >= 4 is 29.4 Å². The molecule has 1 saturated heterocycles. The lowest BCUT2D eigenvalue weighted by molar-refractivity contribution is -0.129. The third-order valence-electron chi connectivity index (χ3n) is 2.46. The van der Waals surface area contributed by atoms with Crippen molar-refractivity contribution in [3.05, 3.63) is 0 Å². The summed E-state index contributed by atoms with van der Waals surface area (Å²) in [4.78, 5) is 35.2. The van der Waals surface area contributed by atoms with E-state index in [0.29, 0.717) is 0 Å². The van der Waals surface area contributed by atoms with E-state index in [9.17, 15) is 14.4 Å². The molecule has 0 aromatic rings. The first-order chi connectivity index (χ1) is 8.13. The quantitative estimate of drug-likeness (QED) is 0.703. The maximum atomic E-state index is 11.6. The van der Waals surface area contributed by atoms with Gasteiger partial charge >= 0.3 is 6.03 Å². The summed E-state index contributed by atoms with van der Waals surface area (Å²) < 4.78 is 0. The third kappa shape index (κ3) is 5.04. The van der Waals surface area contributed by atoms with Crippen LogP contribution in [0.3, 0.4) is 0 Å². The summed E-state index contributed by atoms with van der Waals surface area (Å²) in [7, 11) is 0. The van der Waals surface area contributed by atoms with Crippen LogP contribution in [0, 0.1) is 0 Å². The van der Waals surface area contributed by atoms with Gasteiger partial charge in [-0.1, -0.05) is 0 Å². The molecule has 0 bridgehead atoms. The van der Waals surface area contributed by atoms with E-state index in [1.807, 2.05) is 5.32 Å². The average Bonchev–Trinajstić information content (AvgIpc) is 2.82. The summed E-state index contributed by atoms with van der Waals surface area (Å²) in [6.45, 7) is 1.82. The van der Waals surface area contributed by atoms with Gasteiger partial charge in [-0.3, -0.25) is 14.9 Å². The molecule has 1 fully saturated rings. The smallest absolute Gasteiger partial charge is 0.321 e. The van der Waals surface area contributed by atoms with E-state index in [-0.39, 0.29) is 24.8 Å². The minimum absolute atomic E-state index is 0.0338. The molecule has 0 saturated carbocycles. The van der Waals surface area contributed by atoms with Crippen LogP contribution < -0.4 is 10.6 Å². The number of rotatable bonds is 4. The van der Waals surface area contributed by atoms with Crippen LogP contribution in [0.4, 0.5) is 4.79 Å². The minimum atomic E-state index is -0.620. The summed E-state index contributed by atoms with van der Waals surface area (Å²) in [5.74, 6) is -0.790. The SMILES string of the molecule is O=C(CCl)NC(=O)NCCC(=O)N1CCCC1. The Bertz CT molecular complexity index is 303. The second-order valence-electron chi connectivity index (χ2n) is 3.78. The van der Waals surface area contributed by atoms with Crippen LogP contribution in [0.5, 0.6) is 0 Å². The van der Waals surface area contributed by atoms with Crippen LogP contribution in [0.2, 0.25) is 0 Å². The molecule has 0 spiro atoms. The predicted octanol–water partition coefficient (Wildman–Crippen LogP) is 0.0635. The van der Waals surface area contributed by atoms with E-state index >= 15 is 0 Å². The molecular formula is C10H16ClN3O3. The molecule has 1 heterocycles. The molecule has 0 unspecified atom stereocenters. The molecule has 4 amide bonds. The van der Waals surface area contributed by atoms with Gasteiger partial charge in [-0.15, -0.1) is 11.6 Å². The number of carbonyl (C=O) groups excluding carboxylic acids is 3. The van der Waals surface area contributed by atoms with Crippen molar-refractivity contribution in [3.8, 4) is 0 Å². The Hall–Kier alpha value is -1.30. The lowest BCUT2D eigenvalue weighted by Gasteiger charge is -2.15. The first-order valence-electron chi connectivity index (χ1n) is 5.55. The maximum absolute atomic E-state index is 11.6. The molecule has 0 atom stereocenters. The number of amides is 4. The first-order valence-corrected chi connectivity index (χ1v) is 6.08. The number of nitrogens with zero attached hydrogens (tertiary/aromatic N) is 1. The minimum Gasteiger partial charge on any atom is -0.343 e. The van der Waals surface area contributed by atoms with E-state index in [4.69, 9.17) is 11.6 Å². The van der Waals surface area contributed by atoms with Crippen LogP contribution in [0.25, 0.3) is 0 Å². The van der Waals surface area contributed by atoms with Crippen molar-refractivity contribution in [2.24, 2.45) is 0 Å². The fourth-order valence-electron chi connectivity index (χ4n) is 1.61. The molecule has 17 heavy (non-hydrogen) atoms. The molecule has 0 radical (unpaired) electrons. The van der Waals surface area contributed by atoms with Gasteiger partial charge in [0, 0.05) is 26.1 Å². The zero-order valence-corrected chi connectivity index (χ0v) is 10.3. The van der Waals surface area contributed by atoms with Gasteiger partial charge in [0.1, 0.15) is 5.88 Å². The maximum Gasteiger partial charge on any atom is 0.321 e. The van der Waals surface area contributed by atoms with Crippen molar-refractivity contribution in [1.82, 2.24) is 15.5 Å². The highest BCUT2D eigenvalue weighted by Crippen LogP contribution is 2.08. The van der Waals surface area contributed by atoms with Gasteiger partial charge in [0.2, 0.25) is 11.8 Å². The van der Waals surface area contributed by atoms with E-state index in [0.717, 1.165) is 25.9 Å². The van der Waals surface area contributed by atoms with Gasteiger partial charge in [0.15, 0.2) is 0 Å². The largest absolute Gasteiger partial charge is 0.343 e. The zero-order chi connectivity index (χ0) is 12.7. The molecule has 0 aromatic heterocycles. The summed E-state index contributed by atoms with van der Waals surface area (Å²) in [6, 6.07) is -0.620. The van der Waals surface area contributed by atoms with Crippen LogP contribution in [0.15, 0.2) is 0 Å². The number of halogens is 1. The average molecular weight is 262 g/mol. The standard InChI is InChI=1S/C10H16ClN3O3/c11-7-8(15)13-10(17)12-4-3-9(16)14-5-1-2-6-14/h1-7H2,(H2,12,13,15,17). The Morgan fingerprint density at radius 2 is 1.82 bits per heavy atom. The fourth-order valence-corrected chi connectivity index (χ4v) is 1.68. The number of nitrogens with one attached hydrogen (secondary N) is 2. The fraction of sp³-hybridized carbons (Fsp3) is 0.700. The number of carbonyl (C=O) groups is 3. The number of alkyl halides is 1. The van der Waals surface area contributed by atoms with E-state index in [1.165, 1.54) is 0 Å². The second-order valence-corrected chi connectivity index (χ2v) is 4.04. The van der Waals surface area contributed by atoms with Crippen molar-refractivity contribution in [3.63, 3.8) is 0 Å². The molecular weight excluding hydrogens is 246 g/mol. The highest BCUT2D eigenvalue weighted by atomic mass is 35.5. The number of imide groups is 1. The molecule has 1 aliphatic heterocycles. The van der Waals surface area contributed by atoms with E-state index in [2.05, 4.69) is 5.32 Å². The number of likely N-dealkylation sites (tertiary alicyclic amines) is 1. The second kappa shape index (κ2) is 7.11. The van der Waals surface area contributed by atoms with Crippen LogP contribution >= 0.6 is 11.6 Å². The summed E-state index contributed by atoms with van der Waals surface area (Å²) >= 11 is 5.21. The predicted molar refractivity (Wildman–Crippen MR) is 62.7 cm³/mol. The Morgan fingerprint density at radius 3 is 2.41 bits per heavy atom. The Labute approximate surface area is 105 Å². The molecule has 0 aromatic carbocycles. The van der Waals surface area contributed by atoms with Gasteiger partial charge < -0.3 is 10.2 Å². The van der Waals surface area contributed by atoms with Gasteiger partial charge in [-0.25, -0.2) is 4.79 Å². The van der Waals surface area contributed by atoms with Crippen molar-refractivity contribution in [2.75, 3.05) is 25.5 Å². The molecule has 1 aliphatic rings. The van der Waals surface area contributed by atoms with Gasteiger partial charge in [0.25, 0.3) is 0 Å². The lowest BCUT2D eigenvalue weighted by atomic mass is 10.3. The Kier molecular flexibility index (Phi) is 5.76. The monoisotopic (exact) mass is 261 g/mol. The third-order valence-corrected chi connectivity index (χ3v) is 2.70. The van der Waals surface area contributed by atoms with Crippen LogP contribution in [0.1, 0.15) is 19.3 Å². The topological polar surface area (TPSA) is 78.5 Å². The Balaban J connectivity index is 2.12. The molecule has 6 nitrogen and oxygen atoms in total. The van der Waals surface area contributed by atoms with Crippen molar-refractivity contribution in [2.45, 2.75) is 19.3 Å². The van der Waals surface area contributed by atoms with Gasteiger partial charge in [-0.05, 0) is 12.8 Å². The highest BCUT2D eigenvalue weighted by Gasteiger charge is 2.17. The van der Waals surface area contributed by atoms with E-state index < -0.39 is 11.9 Å². The molecule has 96 valence electrons. The number of hydrogen-bond donors (Lipinski definition) is 2. The summed E-state index contributed by atoms with van der Waals surface area (Å²) in [5, 5.41) is 4.45. The molecule has 7 heteroatoms. The Morgan fingerprint density at radius 1 is 1.18 bits per heavy atom. The first kappa shape index (κ1) is 13.8. The number of hydrogen-bond acceptors (Lipinski definition) is 3. The van der Waals surface area contributed by atoms with Crippen molar-refractivity contribution in [1.29, 1.82) is 0 Å². The highest BCUT2D eigenvalue weighted by molar-refractivity contribution is 6.28. The molecule has 0 aliphatic carbocycles. The normalized spacial score (nSPS) is 14.5. The summed E-state index contributed by atoms with van der Waals surface area (Å²) in [6.07, 6.45) is 2.34. The summed E-state index contributed by atoms with van der Waals surface area (Å²) in [5.41, 5.74) is 0. The van der Waals surface area contributed by atoms with Gasteiger partial charge in [-0.2, -0.15) is 0 Å². The lowest BCUT2D eigenvalue weighted by Crippen LogP contribution is -2.41. The molecule has 1 rings (SSSR count). The van der Waals surface area contributed by atoms with Gasteiger partial charge in [0.05, 0.1) is 0 Å². The zero-order valence-electron chi connectivity index (χ0n) is 9.50. The van der Waals surface area contributed by atoms with Crippen molar-refractivity contribution < 1.29 is 14.4 Å². The van der Waals surface area contributed by atoms with Crippen LogP contribution in [-0.2, 0) is 9.59 Å². The molecule has 2 N–H and O–H groups in total. The van der Waals surface area contributed by atoms with E-state index in [1.54, 1.807) is 4.90 Å². The van der Waals surface area contributed by atoms with Crippen LogP contribution in [-0.4, -0.2) is 48.3 Å².